The summed E-state index contributed by atoms with van der Waals surface area (Å²) in [7, 11) is -0.672. The van der Waals surface area contributed by atoms with Crippen LogP contribution in [0, 0.1) is 5.92 Å². The quantitative estimate of drug-likeness (QED) is 0.546. The number of carbonyl (C=O) groups excluding carboxylic acids is 1. The summed E-state index contributed by atoms with van der Waals surface area (Å²) in [4.78, 5) is 24.5. The molecule has 8 nitrogen and oxygen atoms in total. The van der Waals surface area contributed by atoms with Crippen molar-refractivity contribution in [1.82, 2.24) is 13.9 Å². The fraction of sp³-hybridized carbons (Fsp3) is 0.333. The molecule has 0 bridgehead atoms. The van der Waals surface area contributed by atoms with Gasteiger partial charge in [-0.1, -0.05) is 30.3 Å². The third kappa shape index (κ3) is 4.47. The number of sulfonamides is 1. The average molecular weight is 432 g/mol. The van der Waals surface area contributed by atoms with Crippen LogP contribution >= 0.6 is 0 Å². The number of carbonyl (C=O) groups is 1. The molecule has 0 saturated heterocycles. The lowest BCUT2D eigenvalue weighted by Gasteiger charge is -2.17. The van der Waals surface area contributed by atoms with Crippen molar-refractivity contribution in [2.75, 3.05) is 13.2 Å². The Morgan fingerprint density at radius 2 is 1.73 bits per heavy atom. The predicted molar refractivity (Wildman–Crippen MR) is 114 cm³/mol. The summed E-state index contributed by atoms with van der Waals surface area (Å²) in [6.45, 7) is 1.83. The molecule has 0 saturated carbocycles. The van der Waals surface area contributed by atoms with Gasteiger partial charge in [-0.3, -0.25) is 13.9 Å². The van der Waals surface area contributed by atoms with Gasteiger partial charge in [0.05, 0.1) is 28.5 Å². The number of ether oxygens (including phenoxy) is 1. The molecule has 3 aromatic rings. The summed E-state index contributed by atoms with van der Waals surface area (Å²) >= 11 is 0. The van der Waals surface area contributed by atoms with Crippen LogP contribution in [0.4, 0.5) is 0 Å². The molecule has 1 heterocycles. The summed E-state index contributed by atoms with van der Waals surface area (Å²) < 4.78 is 36.2. The first-order valence-corrected chi connectivity index (χ1v) is 11.1. The number of nitrogens with one attached hydrogen (secondary N) is 1. The molecule has 0 aliphatic carbocycles. The third-order valence-corrected chi connectivity index (χ3v) is 6.44. The molecule has 1 aromatic heterocycles. The van der Waals surface area contributed by atoms with Crippen molar-refractivity contribution >= 4 is 27.0 Å². The first-order chi connectivity index (χ1) is 14.2. The molecule has 0 aliphatic heterocycles. The summed E-state index contributed by atoms with van der Waals surface area (Å²) in [5.41, 5.74) is 1.82. The van der Waals surface area contributed by atoms with E-state index in [1.165, 1.54) is 21.3 Å². The Morgan fingerprint density at radius 3 is 2.40 bits per heavy atom. The second kappa shape index (κ2) is 8.85. The number of hydrogen-bond donors (Lipinski definition) is 1. The van der Waals surface area contributed by atoms with E-state index in [1.807, 2.05) is 30.3 Å². The van der Waals surface area contributed by atoms with Crippen LogP contribution in [-0.4, -0.2) is 36.7 Å². The normalized spacial score (nSPS) is 12.8. The Kier molecular flexibility index (Phi) is 6.42. The molecule has 2 aromatic carbocycles. The maximum atomic E-state index is 12.9. The van der Waals surface area contributed by atoms with Gasteiger partial charge in [0.15, 0.2) is 0 Å². The van der Waals surface area contributed by atoms with E-state index in [0.29, 0.717) is 17.5 Å². The molecule has 1 N–H and O–H groups in total. The van der Waals surface area contributed by atoms with Crippen LogP contribution in [-0.2, 0) is 40.1 Å². The molecule has 0 radical (unpaired) electrons. The molecule has 1 unspecified atom stereocenters. The number of aromatic nitrogens is 2. The molecule has 0 aliphatic rings. The summed E-state index contributed by atoms with van der Waals surface area (Å²) in [6, 6.07) is 13.9. The highest BCUT2D eigenvalue weighted by atomic mass is 32.2. The first kappa shape index (κ1) is 21.8. The van der Waals surface area contributed by atoms with E-state index >= 15 is 0 Å². The lowest BCUT2D eigenvalue weighted by Crippen LogP contribution is -2.35. The zero-order valence-corrected chi connectivity index (χ0v) is 18.0. The number of imidazole rings is 1. The Morgan fingerprint density at radius 1 is 1.07 bits per heavy atom. The van der Waals surface area contributed by atoms with Crippen LogP contribution in [0.5, 0.6) is 0 Å². The standard InChI is InChI=1S/C21H25N3O5S/c1-4-29-20(25)16(12-15-8-6-5-7-9-15)14-22-30(27,28)17-10-11-18-19(13-17)24(3)21(26)23(18)2/h5-11,13,16,22H,4,12,14H2,1-3H3. The summed E-state index contributed by atoms with van der Waals surface area (Å²) in [6.07, 6.45) is 0.356. The van der Waals surface area contributed by atoms with Gasteiger partial charge in [-0.25, -0.2) is 17.9 Å². The number of aryl methyl sites for hydroxylation is 2. The topological polar surface area (TPSA) is 99.4 Å². The van der Waals surface area contributed by atoms with Gasteiger partial charge >= 0.3 is 11.7 Å². The molecular formula is C21H25N3O5S. The number of fused-ring (bicyclic) bond motifs is 1. The van der Waals surface area contributed by atoms with E-state index in [1.54, 1.807) is 27.1 Å². The van der Waals surface area contributed by atoms with Crippen molar-refractivity contribution in [3.05, 3.63) is 64.6 Å². The van der Waals surface area contributed by atoms with E-state index < -0.39 is 21.9 Å². The van der Waals surface area contributed by atoms with Gasteiger partial charge in [0.2, 0.25) is 10.0 Å². The monoisotopic (exact) mass is 431 g/mol. The number of nitrogens with zero attached hydrogens (tertiary/aromatic N) is 2. The Labute approximate surface area is 175 Å². The van der Waals surface area contributed by atoms with Crippen LogP contribution in [0.15, 0.2) is 58.2 Å². The minimum absolute atomic E-state index is 0.0264. The van der Waals surface area contributed by atoms with Gasteiger partial charge < -0.3 is 4.74 Å². The van der Waals surface area contributed by atoms with Crippen LogP contribution < -0.4 is 10.4 Å². The van der Waals surface area contributed by atoms with Gasteiger partial charge in [0.25, 0.3) is 0 Å². The Bertz CT molecular complexity index is 1210. The van der Waals surface area contributed by atoms with Gasteiger partial charge in [-0.15, -0.1) is 0 Å². The number of rotatable bonds is 8. The van der Waals surface area contributed by atoms with Crippen molar-refractivity contribution in [3.63, 3.8) is 0 Å². The molecule has 1 atom stereocenters. The van der Waals surface area contributed by atoms with Crippen molar-refractivity contribution < 1.29 is 17.9 Å². The average Bonchev–Trinajstić information content (AvgIpc) is 2.95. The van der Waals surface area contributed by atoms with Crippen molar-refractivity contribution in [2.45, 2.75) is 18.2 Å². The fourth-order valence-corrected chi connectivity index (χ4v) is 4.45. The summed E-state index contributed by atoms with van der Waals surface area (Å²) in [5.74, 6) is -1.11. The van der Waals surface area contributed by atoms with Gasteiger partial charge in [0.1, 0.15) is 0 Å². The minimum Gasteiger partial charge on any atom is -0.466 e. The molecule has 9 heteroatoms. The molecule has 160 valence electrons. The highest BCUT2D eigenvalue weighted by Crippen LogP contribution is 2.18. The van der Waals surface area contributed by atoms with Crippen LogP contribution in [0.1, 0.15) is 12.5 Å². The van der Waals surface area contributed by atoms with Crippen LogP contribution in [0.25, 0.3) is 11.0 Å². The predicted octanol–water partition coefficient (Wildman–Crippen LogP) is 1.58. The lowest BCUT2D eigenvalue weighted by atomic mass is 10.00. The molecule has 0 spiro atoms. The molecular weight excluding hydrogens is 406 g/mol. The maximum Gasteiger partial charge on any atom is 0.328 e. The van der Waals surface area contributed by atoms with Crippen molar-refractivity contribution in [2.24, 2.45) is 20.0 Å². The lowest BCUT2D eigenvalue weighted by molar-refractivity contribution is -0.147. The van der Waals surface area contributed by atoms with Gasteiger partial charge in [-0.2, -0.15) is 0 Å². The van der Waals surface area contributed by atoms with E-state index in [4.69, 9.17) is 4.74 Å². The fourth-order valence-electron chi connectivity index (χ4n) is 3.34. The minimum atomic E-state index is -3.89. The number of benzene rings is 2. The van der Waals surface area contributed by atoms with Gasteiger partial charge in [0, 0.05) is 20.6 Å². The van der Waals surface area contributed by atoms with E-state index in [0.717, 1.165) is 5.56 Å². The third-order valence-electron chi connectivity index (χ3n) is 5.02. The van der Waals surface area contributed by atoms with Crippen molar-refractivity contribution in [1.29, 1.82) is 0 Å². The molecule has 30 heavy (non-hydrogen) atoms. The molecule has 0 fully saturated rings. The second-order valence-electron chi connectivity index (χ2n) is 7.04. The second-order valence-corrected chi connectivity index (χ2v) is 8.81. The van der Waals surface area contributed by atoms with Gasteiger partial charge in [-0.05, 0) is 37.1 Å². The highest BCUT2D eigenvalue weighted by molar-refractivity contribution is 7.89. The van der Waals surface area contributed by atoms with E-state index in [9.17, 15) is 18.0 Å². The Balaban J connectivity index is 1.83. The van der Waals surface area contributed by atoms with E-state index in [-0.39, 0.29) is 23.7 Å². The maximum absolute atomic E-state index is 12.9. The zero-order chi connectivity index (χ0) is 21.9. The Hall–Kier alpha value is -2.91. The number of hydrogen-bond acceptors (Lipinski definition) is 5. The largest absolute Gasteiger partial charge is 0.466 e. The van der Waals surface area contributed by atoms with Crippen LogP contribution in [0.2, 0.25) is 0 Å². The molecule has 3 rings (SSSR count). The summed E-state index contributed by atoms with van der Waals surface area (Å²) in [5, 5.41) is 0. The smallest absolute Gasteiger partial charge is 0.328 e. The van der Waals surface area contributed by atoms with Crippen LogP contribution in [0.3, 0.4) is 0 Å². The first-order valence-electron chi connectivity index (χ1n) is 9.60. The van der Waals surface area contributed by atoms with E-state index in [2.05, 4.69) is 4.72 Å². The zero-order valence-electron chi connectivity index (χ0n) is 17.2. The SMILES string of the molecule is CCOC(=O)C(CNS(=O)(=O)c1ccc2c(c1)n(C)c(=O)n2C)Cc1ccccc1. The number of esters is 1. The van der Waals surface area contributed by atoms with Crippen molar-refractivity contribution in [3.8, 4) is 0 Å². The highest BCUT2D eigenvalue weighted by Gasteiger charge is 2.24. The molecule has 0 amide bonds.